The van der Waals surface area contributed by atoms with Crippen molar-refractivity contribution < 1.29 is 23.5 Å². The zero-order chi connectivity index (χ0) is 34.5. The van der Waals surface area contributed by atoms with Crippen LogP contribution in [0.1, 0.15) is 194 Å². The van der Waals surface area contributed by atoms with Crippen LogP contribution in [0, 0.1) is 0 Å². The molecule has 0 aliphatic carbocycles. The minimum Gasteiger partial charge on any atom is -0.460 e. The van der Waals surface area contributed by atoms with Gasteiger partial charge < -0.3 is 14.0 Å². The second-order valence-corrected chi connectivity index (χ2v) is 14.5. The monoisotopic (exact) mass is 663 g/mol. The number of ether oxygens (including phenoxy) is 2. The van der Waals surface area contributed by atoms with Gasteiger partial charge in [0.15, 0.2) is 0 Å². The van der Waals surface area contributed by atoms with Crippen molar-refractivity contribution in [1.29, 1.82) is 0 Å². The number of hydrogen-bond acceptors (Lipinski definition) is 4. The lowest BCUT2D eigenvalue weighted by Gasteiger charge is -2.29. The molecule has 5 heteroatoms. The maximum Gasteiger partial charge on any atom is 0.305 e. The van der Waals surface area contributed by atoms with E-state index in [1.54, 1.807) is 0 Å². The number of nitrogens with zero attached hydrogens (tertiary/aromatic N) is 1. The molecular formula is C42H80NO4+. The number of likely N-dealkylation sites (N-methyl/N-ethyl adjacent to an activating group) is 1. The first-order valence-electron chi connectivity index (χ1n) is 20.3. The van der Waals surface area contributed by atoms with Gasteiger partial charge in [-0.2, -0.15) is 0 Å². The topological polar surface area (TPSA) is 52.6 Å². The van der Waals surface area contributed by atoms with Crippen LogP contribution >= 0.6 is 0 Å². The van der Waals surface area contributed by atoms with Crippen molar-refractivity contribution >= 4 is 11.9 Å². The van der Waals surface area contributed by atoms with Gasteiger partial charge in [0, 0.05) is 12.8 Å². The van der Waals surface area contributed by atoms with Gasteiger partial charge in [0.25, 0.3) is 0 Å². The number of carbonyl (C=O) groups is 2. The zero-order valence-electron chi connectivity index (χ0n) is 32.0. The molecule has 0 rings (SSSR count). The van der Waals surface area contributed by atoms with Crippen LogP contribution in [-0.4, -0.2) is 56.8 Å². The molecule has 0 aromatic rings. The van der Waals surface area contributed by atoms with E-state index in [4.69, 9.17) is 9.47 Å². The molecule has 0 spiro atoms. The summed E-state index contributed by atoms with van der Waals surface area (Å²) in [5, 5.41) is 0. The molecule has 0 radical (unpaired) electrons. The first-order chi connectivity index (χ1) is 22.9. The summed E-state index contributed by atoms with van der Waals surface area (Å²) in [6.07, 6.45) is 43.1. The van der Waals surface area contributed by atoms with Gasteiger partial charge in [-0.1, -0.05) is 141 Å². The van der Waals surface area contributed by atoms with E-state index in [1.165, 1.54) is 141 Å². The normalized spacial score (nSPS) is 12.0. The number of quaternary nitrogens is 1. The molecule has 0 aromatic heterocycles. The summed E-state index contributed by atoms with van der Waals surface area (Å²) in [6, 6.07) is 0. The van der Waals surface area contributed by atoms with E-state index in [0.29, 0.717) is 30.5 Å². The predicted molar refractivity (Wildman–Crippen MR) is 203 cm³/mol. The van der Waals surface area contributed by atoms with Crippen molar-refractivity contribution in [3.05, 3.63) is 24.3 Å². The molecule has 276 valence electrons. The fourth-order valence-corrected chi connectivity index (χ4v) is 5.75. The lowest BCUT2D eigenvalue weighted by atomic mass is 10.1. The summed E-state index contributed by atoms with van der Waals surface area (Å²) in [4.78, 5) is 24.3. The summed E-state index contributed by atoms with van der Waals surface area (Å²) in [5.41, 5.74) is 0. The molecule has 0 unspecified atom stereocenters. The van der Waals surface area contributed by atoms with E-state index in [2.05, 4.69) is 52.2 Å². The van der Waals surface area contributed by atoms with Crippen LogP contribution in [0.5, 0.6) is 0 Å². The van der Waals surface area contributed by atoms with Crippen molar-refractivity contribution in [3.8, 4) is 0 Å². The third-order valence-electron chi connectivity index (χ3n) is 9.20. The number of rotatable bonds is 36. The number of hydrogen-bond donors (Lipinski definition) is 0. The lowest BCUT2D eigenvalue weighted by Crippen LogP contribution is -2.45. The molecule has 0 bridgehead atoms. The quantitative estimate of drug-likeness (QED) is 0.0290. The first kappa shape index (κ1) is 45.4. The van der Waals surface area contributed by atoms with Gasteiger partial charge in [-0.3, -0.25) is 9.59 Å². The number of carbonyl (C=O) groups excluding carboxylic acids is 2. The van der Waals surface area contributed by atoms with Crippen molar-refractivity contribution in [1.82, 2.24) is 0 Å². The highest BCUT2D eigenvalue weighted by Gasteiger charge is 2.17. The molecule has 47 heavy (non-hydrogen) atoms. The maximum absolute atomic E-state index is 12.1. The molecule has 0 aromatic carbocycles. The molecule has 0 atom stereocenters. The lowest BCUT2D eigenvalue weighted by molar-refractivity contribution is -0.890. The van der Waals surface area contributed by atoms with Gasteiger partial charge in [-0.25, -0.2) is 0 Å². The summed E-state index contributed by atoms with van der Waals surface area (Å²) in [6.45, 7) is 6.82. The van der Waals surface area contributed by atoms with E-state index in [9.17, 15) is 9.59 Å². The molecule has 0 heterocycles. The van der Waals surface area contributed by atoms with Crippen LogP contribution < -0.4 is 0 Å². The van der Waals surface area contributed by atoms with Crippen LogP contribution in [0.3, 0.4) is 0 Å². The average Bonchev–Trinajstić information content (AvgIpc) is 3.04. The first-order valence-corrected chi connectivity index (χ1v) is 20.3. The Hall–Kier alpha value is -1.62. The molecule has 0 saturated heterocycles. The third kappa shape index (κ3) is 37.1. The SMILES string of the molecule is CCCCCCCC/C=C/CCCCCCCC(=O)OCC[N+](C)(C)CCOC(=O)CCCCCCC/C=C/CCCCCCCC. The zero-order valence-corrected chi connectivity index (χ0v) is 32.0. The summed E-state index contributed by atoms with van der Waals surface area (Å²) >= 11 is 0. The van der Waals surface area contributed by atoms with Crippen molar-refractivity contribution in [2.75, 3.05) is 40.4 Å². The molecular weight excluding hydrogens is 582 g/mol. The van der Waals surface area contributed by atoms with Gasteiger partial charge in [-0.15, -0.1) is 0 Å². The van der Waals surface area contributed by atoms with Gasteiger partial charge in [0.05, 0.1) is 14.1 Å². The Kier molecular flexibility index (Phi) is 34.5. The van der Waals surface area contributed by atoms with E-state index in [0.717, 1.165) is 38.8 Å². The Balaban J connectivity index is 3.55. The van der Waals surface area contributed by atoms with Crippen LogP contribution in [-0.2, 0) is 19.1 Å². The Morgan fingerprint density at radius 2 is 0.702 bits per heavy atom. The summed E-state index contributed by atoms with van der Waals surface area (Å²) in [7, 11) is 4.19. The molecule has 0 fully saturated rings. The highest BCUT2D eigenvalue weighted by Crippen LogP contribution is 2.12. The number of esters is 2. The molecule has 0 amide bonds. The van der Waals surface area contributed by atoms with Crippen molar-refractivity contribution in [3.63, 3.8) is 0 Å². The average molecular weight is 663 g/mol. The smallest absolute Gasteiger partial charge is 0.305 e. The van der Waals surface area contributed by atoms with E-state index >= 15 is 0 Å². The standard InChI is InChI=1S/C42H80NO4/c1-5-7-9-11-13-15-17-19-21-23-25-27-29-31-33-35-41(44)46-39-37-43(3,4)38-40-47-42(45)36-34-32-30-28-26-24-22-20-18-16-14-12-10-8-6-2/h19-22H,5-18,23-40H2,1-4H3/q+1/b21-19+,22-20+. The highest BCUT2D eigenvalue weighted by atomic mass is 16.5. The van der Waals surface area contributed by atoms with Crippen LogP contribution in [0.15, 0.2) is 24.3 Å². The van der Waals surface area contributed by atoms with Crippen molar-refractivity contribution in [2.45, 2.75) is 194 Å². The number of allylic oxidation sites excluding steroid dienone is 4. The minimum atomic E-state index is -0.0889. The molecule has 0 aliphatic heterocycles. The van der Waals surface area contributed by atoms with Crippen LogP contribution in [0.4, 0.5) is 0 Å². The largest absolute Gasteiger partial charge is 0.460 e. The summed E-state index contributed by atoms with van der Waals surface area (Å²) < 4.78 is 11.6. The Bertz CT molecular complexity index is 685. The van der Waals surface area contributed by atoms with Crippen LogP contribution in [0.2, 0.25) is 0 Å². The Morgan fingerprint density at radius 1 is 0.426 bits per heavy atom. The van der Waals surface area contributed by atoms with E-state index in [1.807, 2.05) is 0 Å². The van der Waals surface area contributed by atoms with Gasteiger partial charge in [0.2, 0.25) is 0 Å². The van der Waals surface area contributed by atoms with E-state index in [-0.39, 0.29) is 11.9 Å². The van der Waals surface area contributed by atoms with Gasteiger partial charge >= 0.3 is 11.9 Å². The van der Waals surface area contributed by atoms with E-state index < -0.39 is 0 Å². The highest BCUT2D eigenvalue weighted by molar-refractivity contribution is 5.69. The second-order valence-electron chi connectivity index (χ2n) is 14.5. The molecule has 0 saturated carbocycles. The number of unbranched alkanes of at least 4 members (excludes halogenated alkanes) is 22. The maximum atomic E-state index is 12.1. The fourth-order valence-electron chi connectivity index (χ4n) is 5.75. The third-order valence-corrected chi connectivity index (χ3v) is 9.20. The second kappa shape index (κ2) is 35.7. The van der Waals surface area contributed by atoms with Crippen molar-refractivity contribution in [2.24, 2.45) is 0 Å². The predicted octanol–water partition coefficient (Wildman–Crippen LogP) is 12.2. The molecule has 0 aliphatic rings. The Labute approximate surface area is 293 Å². The summed E-state index contributed by atoms with van der Waals surface area (Å²) in [5.74, 6) is -0.178. The Morgan fingerprint density at radius 3 is 1.02 bits per heavy atom. The minimum absolute atomic E-state index is 0.0889. The molecule has 5 nitrogen and oxygen atoms in total. The molecule has 0 N–H and O–H groups in total. The van der Waals surface area contributed by atoms with Gasteiger partial charge in [-0.05, 0) is 64.2 Å². The fraction of sp³-hybridized carbons (Fsp3) is 0.857. The van der Waals surface area contributed by atoms with Gasteiger partial charge in [0.1, 0.15) is 26.3 Å². The van der Waals surface area contributed by atoms with Crippen LogP contribution in [0.25, 0.3) is 0 Å².